The van der Waals surface area contributed by atoms with E-state index in [2.05, 4.69) is 31.2 Å². The Morgan fingerprint density at radius 1 is 1.28 bits per heavy atom. The van der Waals surface area contributed by atoms with Crippen LogP contribution in [0.5, 0.6) is 0 Å². The molecule has 1 aromatic carbocycles. The van der Waals surface area contributed by atoms with Gasteiger partial charge in [-0.15, -0.1) is 0 Å². The summed E-state index contributed by atoms with van der Waals surface area (Å²) in [6.45, 7) is 6.84. The molecule has 1 aromatic heterocycles. The van der Waals surface area contributed by atoms with Gasteiger partial charge in [-0.2, -0.15) is 5.10 Å². The molecule has 2 atom stereocenters. The molecule has 2 unspecified atom stereocenters. The van der Waals surface area contributed by atoms with Crippen molar-refractivity contribution < 1.29 is 13.5 Å². The average Bonchev–Trinajstić information content (AvgIpc) is 3.07. The summed E-state index contributed by atoms with van der Waals surface area (Å²) < 4.78 is 35.3. The summed E-state index contributed by atoms with van der Waals surface area (Å²) in [5.41, 5.74) is 3.20. The fourth-order valence-corrected chi connectivity index (χ4v) is 3.65. The maximum Gasteiger partial charge on any atom is 0.151 e. The highest BCUT2D eigenvalue weighted by Crippen LogP contribution is 2.42. The summed E-state index contributed by atoms with van der Waals surface area (Å²) in [6.07, 6.45) is 3.01. The van der Waals surface area contributed by atoms with Gasteiger partial charge in [-0.25, -0.2) is 13.5 Å². The van der Waals surface area contributed by atoms with Crippen LogP contribution < -0.4 is 5.32 Å². The zero-order chi connectivity index (χ0) is 17.8. The lowest BCUT2D eigenvalue weighted by Crippen LogP contribution is -2.36. The normalized spacial score (nSPS) is 22.3. The van der Waals surface area contributed by atoms with Crippen LogP contribution in [0.15, 0.2) is 18.2 Å². The SMILES string of the molecule is CC(C)(C)NCc1c2c(nn1-c1ccc(F)cc1F)C1CCC(C2)O1. The van der Waals surface area contributed by atoms with E-state index in [0.717, 1.165) is 42.3 Å². The number of hydrogen-bond donors (Lipinski definition) is 1. The van der Waals surface area contributed by atoms with Crippen molar-refractivity contribution in [3.05, 3.63) is 46.8 Å². The minimum atomic E-state index is -0.608. The van der Waals surface area contributed by atoms with Crippen LogP contribution in [-0.2, 0) is 17.7 Å². The number of fused-ring (bicyclic) bond motifs is 4. The maximum absolute atomic E-state index is 14.4. The predicted molar refractivity (Wildman–Crippen MR) is 90.6 cm³/mol. The minimum absolute atomic E-state index is 0.00750. The second-order valence-corrected chi connectivity index (χ2v) is 7.95. The largest absolute Gasteiger partial charge is 0.368 e. The van der Waals surface area contributed by atoms with Crippen molar-refractivity contribution in [1.82, 2.24) is 15.1 Å². The molecule has 1 saturated heterocycles. The summed E-state index contributed by atoms with van der Waals surface area (Å²) >= 11 is 0. The summed E-state index contributed by atoms with van der Waals surface area (Å²) in [5.74, 6) is -1.20. The molecule has 2 aliphatic rings. The quantitative estimate of drug-likeness (QED) is 0.918. The van der Waals surface area contributed by atoms with Gasteiger partial charge in [0.2, 0.25) is 0 Å². The number of rotatable bonds is 3. The van der Waals surface area contributed by atoms with E-state index in [1.54, 1.807) is 4.68 Å². The first-order valence-electron chi connectivity index (χ1n) is 8.78. The molecule has 0 spiro atoms. The molecule has 0 aliphatic carbocycles. The molecule has 25 heavy (non-hydrogen) atoms. The number of ether oxygens (including phenoxy) is 1. The van der Waals surface area contributed by atoms with Crippen molar-refractivity contribution in [3.8, 4) is 5.69 Å². The van der Waals surface area contributed by atoms with E-state index in [9.17, 15) is 8.78 Å². The Kier molecular flexibility index (Phi) is 3.92. The van der Waals surface area contributed by atoms with Gasteiger partial charge in [0.1, 0.15) is 17.6 Å². The van der Waals surface area contributed by atoms with Gasteiger partial charge in [-0.1, -0.05) is 0 Å². The Morgan fingerprint density at radius 2 is 2.08 bits per heavy atom. The van der Waals surface area contributed by atoms with E-state index in [4.69, 9.17) is 4.74 Å². The Balaban J connectivity index is 1.81. The van der Waals surface area contributed by atoms with Crippen molar-refractivity contribution in [2.45, 2.75) is 64.3 Å². The topological polar surface area (TPSA) is 39.1 Å². The van der Waals surface area contributed by atoms with Gasteiger partial charge in [-0.3, -0.25) is 0 Å². The first-order chi connectivity index (χ1) is 11.8. The maximum atomic E-state index is 14.4. The van der Waals surface area contributed by atoms with Crippen LogP contribution in [0.25, 0.3) is 5.69 Å². The molecule has 1 fully saturated rings. The van der Waals surface area contributed by atoms with Crippen LogP contribution in [0.2, 0.25) is 0 Å². The highest BCUT2D eigenvalue weighted by molar-refractivity contribution is 5.41. The molecule has 6 heteroatoms. The van der Waals surface area contributed by atoms with Gasteiger partial charge in [0.25, 0.3) is 0 Å². The van der Waals surface area contributed by atoms with E-state index >= 15 is 0 Å². The fraction of sp³-hybridized carbons (Fsp3) is 0.526. The second-order valence-electron chi connectivity index (χ2n) is 7.95. The van der Waals surface area contributed by atoms with E-state index in [1.165, 1.54) is 12.1 Å². The summed E-state index contributed by atoms with van der Waals surface area (Å²) in [6, 6.07) is 3.62. The first-order valence-corrected chi connectivity index (χ1v) is 8.78. The van der Waals surface area contributed by atoms with Gasteiger partial charge in [0.05, 0.1) is 17.5 Å². The molecule has 3 heterocycles. The Bertz CT molecular complexity index is 810. The molecule has 134 valence electrons. The molecule has 2 aliphatic heterocycles. The van der Waals surface area contributed by atoms with Gasteiger partial charge in [-0.05, 0) is 45.7 Å². The molecule has 2 bridgehead atoms. The van der Waals surface area contributed by atoms with Crippen LogP contribution in [0, 0.1) is 11.6 Å². The van der Waals surface area contributed by atoms with E-state index < -0.39 is 11.6 Å². The number of aromatic nitrogens is 2. The van der Waals surface area contributed by atoms with E-state index in [-0.39, 0.29) is 23.4 Å². The lowest BCUT2D eigenvalue weighted by atomic mass is 10.0. The lowest BCUT2D eigenvalue weighted by Gasteiger charge is -2.23. The molecular formula is C19H23F2N3O. The predicted octanol–water partition coefficient (Wildman–Crippen LogP) is 3.81. The molecule has 0 amide bonds. The second kappa shape index (κ2) is 5.88. The van der Waals surface area contributed by atoms with Crippen molar-refractivity contribution in [2.75, 3.05) is 0 Å². The van der Waals surface area contributed by atoms with Crippen LogP contribution in [-0.4, -0.2) is 21.4 Å². The zero-order valence-corrected chi connectivity index (χ0v) is 14.8. The van der Waals surface area contributed by atoms with Crippen molar-refractivity contribution in [2.24, 2.45) is 0 Å². The van der Waals surface area contributed by atoms with Crippen LogP contribution >= 0.6 is 0 Å². The third-order valence-electron chi connectivity index (χ3n) is 4.89. The number of nitrogens with zero attached hydrogens (tertiary/aromatic N) is 2. The zero-order valence-electron chi connectivity index (χ0n) is 14.8. The number of halogens is 2. The van der Waals surface area contributed by atoms with Crippen LogP contribution in [0.1, 0.15) is 56.7 Å². The van der Waals surface area contributed by atoms with Crippen molar-refractivity contribution in [3.63, 3.8) is 0 Å². The van der Waals surface area contributed by atoms with Gasteiger partial charge in [0.15, 0.2) is 5.82 Å². The monoisotopic (exact) mass is 347 g/mol. The fourth-order valence-electron chi connectivity index (χ4n) is 3.65. The highest BCUT2D eigenvalue weighted by Gasteiger charge is 2.38. The molecule has 1 N–H and O–H groups in total. The van der Waals surface area contributed by atoms with Gasteiger partial charge < -0.3 is 10.1 Å². The average molecular weight is 347 g/mol. The number of nitrogens with one attached hydrogen (secondary N) is 1. The van der Waals surface area contributed by atoms with Gasteiger partial charge in [0, 0.05) is 30.1 Å². The third-order valence-corrected chi connectivity index (χ3v) is 4.89. The third kappa shape index (κ3) is 3.09. The van der Waals surface area contributed by atoms with E-state index in [1.807, 2.05) is 0 Å². The molecule has 4 nitrogen and oxygen atoms in total. The standard InChI is InChI=1S/C19H23F2N3O/c1-19(2,3)22-10-16-13-9-12-5-7-17(25-12)18(13)23-24(16)15-6-4-11(20)8-14(15)21/h4,6,8,12,17,22H,5,7,9-10H2,1-3H3. The Morgan fingerprint density at radius 3 is 2.80 bits per heavy atom. The summed E-state index contributed by atoms with van der Waals surface area (Å²) in [4.78, 5) is 0. The number of hydrogen-bond acceptors (Lipinski definition) is 3. The Hall–Kier alpha value is -1.79. The highest BCUT2D eigenvalue weighted by atomic mass is 19.1. The summed E-state index contributed by atoms with van der Waals surface area (Å²) in [5, 5.41) is 8.15. The summed E-state index contributed by atoms with van der Waals surface area (Å²) in [7, 11) is 0. The van der Waals surface area contributed by atoms with E-state index in [0.29, 0.717) is 6.54 Å². The minimum Gasteiger partial charge on any atom is -0.368 e. The first kappa shape index (κ1) is 16.7. The lowest BCUT2D eigenvalue weighted by molar-refractivity contribution is 0.0298. The molecule has 4 rings (SSSR count). The molecular weight excluding hydrogens is 324 g/mol. The van der Waals surface area contributed by atoms with Crippen LogP contribution in [0.3, 0.4) is 0 Å². The Labute approximate surface area is 146 Å². The van der Waals surface area contributed by atoms with Crippen LogP contribution in [0.4, 0.5) is 8.78 Å². The van der Waals surface area contributed by atoms with Gasteiger partial charge >= 0.3 is 0 Å². The molecule has 0 saturated carbocycles. The number of benzene rings is 1. The molecule has 0 radical (unpaired) electrons. The van der Waals surface area contributed by atoms with Crippen molar-refractivity contribution in [1.29, 1.82) is 0 Å². The van der Waals surface area contributed by atoms with Crippen molar-refractivity contribution >= 4 is 0 Å². The molecule has 2 aromatic rings. The smallest absolute Gasteiger partial charge is 0.151 e.